The third-order valence-electron chi connectivity index (χ3n) is 6.76. The van der Waals surface area contributed by atoms with Gasteiger partial charge in [0.05, 0.1) is 29.6 Å². The van der Waals surface area contributed by atoms with Crippen LogP contribution in [-0.2, 0) is 29.4 Å². The molecule has 1 N–H and O–H groups in total. The van der Waals surface area contributed by atoms with Gasteiger partial charge in [0.1, 0.15) is 5.00 Å². The Bertz CT molecular complexity index is 1710. The molecule has 1 amide bonds. The molecule has 6 rings (SSSR count). The van der Waals surface area contributed by atoms with Gasteiger partial charge in [0.25, 0.3) is 0 Å². The Hall–Kier alpha value is -4.02. The summed E-state index contributed by atoms with van der Waals surface area (Å²) in [5.74, 6) is 0.197. The lowest BCUT2D eigenvalue weighted by Crippen LogP contribution is -2.16. The Morgan fingerprint density at radius 1 is 1.08 bits per heavy atom. The van der Waals surface area contributed by atoms with Crippen molar-refractivity contribution in [1.82, 2.24) is 19.7 Å². The zero-order chi connectivity index (χ0) is 26.9. The lowest BCUT2D eigenvalue weighted by atomic mass is 10.0. The number of nitrogens with zero attached hydrogens (tertiary/aromatic N) is 4. The number of thioether (sulfide) groups is 1. The summed E-state index contributed by atoms with van der Waals surface area (Å²) >= 11 is 2.76. The first kappa shape index (κ1) is 25.3. The predicted molar refractivity (Wildman–Crippen MR) is 154 cm³/mol. The maximum atomic E-state index is 12.9. The summed E-state index contributed by atoms with van der Waals surface area (Å²) in [6, 6.07) is 20.0. The van der Waals surface area contributed by atoms with Gasteiger partial charge in [-0.15, -0.1) is 21.5 Å². The van der Waals surface area contributed by atoms with Gasteiger partial charge in [-0.25, -0.2) is 9.78 Å². The molecule has 0 aliphatic heterocycles. The zero-order valence-corrected chi connectivity index (χ0v) is 23.1. The number of aryl methyl sites for hydroxylation is 1. The molecule has 5 aromatic rings. The van der Waals surface area contributed by atoms with E-state index in [2.05, 4.69) is 15.5 Å². The zero-order valence-electron chi connectivity index (χ0n) is 21.4. The fourth-order valence-corrected chi connectivity index (χ4v) is 6.90. The molecule has 1 aliphatic carbocycles. The van der Waals surface area contributed by atoms with Gasteiger partial charge in [0.15, 0.2) is 11.0 Å². The molecule has 0 radical (unpaired) electrons. The van der Waals surface area contributed by atoms with Crippen molar-refractivity contribution < 1.29 is 14.3 Å². The minimum absolute atomic E-state index is 0.126. The lowest BCUT2D eigenvalue weighted by molar-refractivity contribution is -0.113. The van der Waals surface area contributed by atoms with Crippen molar-refractivity contribution in [2.45, 2.75) is 24.4 Å². The van der Waals surface area contributed by atoms with Crippen molar-refractivity contribution >= 4 is 50.9 Å². The van der Waals surface area contributed by atoms with E-state index < -0.39 is 5.97 Å². The Balaban J connectivity index is 1.24. The summed E-state index contributed by atoms with van der Waals surface area (Å²) in [5.41, 5.74) is 5.16. The summed E-state index contributed by atoms with van der Waals surface area (Å²) in [6.45, 7) is 0. The molecule has 39 heavy (non-hydrogen) atoms. The number of ether oxygens (including phenoxy) is 1. The van der Waals surface area contributed by atoms with Crippen LogP contribution in [0.4, 0.5) is 5.00 Å². The number of hydrogen-bond acceptors (Lipinski definition) is 8. The third-order valence-corrected chi connectivity index (χ3v) is 8.99. The SMILES string of the molecule is COC(=O)c1c(NC(=O)CSc2nnc(-c3cc(-c4ccccc4)nc4ccccc34)n2C)sc2c1CCC2. The van der Waals surface area contributed by atoms with Gasteiger partial charge in [-0.05, 0) is 37.0 Å². The van der Waals surface area contributed by atoms with Gasteiger partial charge in [-0.3, -0.25) is 4.79 Å². The van der Waals surface area contributed by atoms with Crippen LogP contribution in [0.2, 0.25) is 0 Å². The van der Waals surface area contributed by atoms with Crippen molar-refractivity contribution in [2.24, 2.45) is 7.05 Å². The van der Waals surface area contributed by atoms with Gasteiger partial charge in [0.2, 0.25) is 5.91 Å². The molecule has 0 fully saturated rings. The summed E-state index contributed by atoms with van der Waals surface area (Å²) in [5, 5.41) is 14.0. The average Bonchev–Trinajstić information content (AvgIpc) is 3.66. The Kier molecular flexibility index (Phi) is 6.88. The van der Waals surface area contributed by atoms with E-state index in [0.717, 1.165) is 57.4 Å². The second-order valence-electron chi connectivity index (χ2n) is 9.19. The molecule has 0 bridgehead atoms. The summed E-state index contributed by atoms with van der Waals surface area (Å²) in [7, 11) is 3.26. The monoisotopic (exact) mass is 555 g/mol. The van der Waals surface area contributed by atoms with Gasteiger partial charge >= 0.3 is 5.97 Å². The van der Waals surface area contributed by atoms with Crippen molar-refractivity contribution in [1.29, 1.82) is 0 Å². The first-order valence-electron chi connectivity index (χ1n) is 12.5. The number of thiophene rings is 1. The molecule has 8 nitrogen and oxygen atoms in total. The molecule has 196 valence electrons. The minimum atomic E-state index is -0.408. The van der Waals surface area contributed by atoms with Gasteiger partial charge in [-0.2, -0.15) is 0 Å². The number of pyridine rings is 1. The number of amides is 1. The van der Waals surface area contributed by atoms with Crippen LogP contribution in [0.15, 0.2) is 65.8 Å². The number of aromatic nitrogens is 4. The van der Waals surface area contributed by atoms with Crippen LogP contribution in [0.5, 0.6) is 0 Å². The fraction of sp³-hybridized carbons (Fsp3) is 0.207. The Morgan fingerprint density at radius 3 is 2.69 bits per heavy atom. The molecule has 1 aliphatic rings. The van der Waals surface area contributed by atoms with Crippen molar-refractivity contribution in [3.63, 3.8) is 0 Å². The van der Waals surface area contributed by atoms with Crippen LogP contribution < -0.4 is 5.32 Å². The molecule has 0 unspecified atom stereocenters. The van der Waals surface area contributed by atoms with E-state index in [0.29, 0.717) is 21.5 Å². The smallest absolute Gasteiger partial charge is 0.341 e. The second-order valence-corrected chi connectivity index (χ2v) is 11.2. The quantitative estimate of drug-likeness (QED) is 0.201. The van der Waals surface area contributed by atoms with E-state index >= 15 is 0 Å². The van der Waals surface area contributed by atoms with E-state index in [1.807, 2.05) is 72.3 Å². The van der Waals surface area contributed by atoms with Gasteiger partial charge < -0.3 is 14.6 Å². The average molecular weight is 556 g/mol. The highest BCUT2D eigenvalue weighted by molar-refractivity contribution is 7.99. The molecule has 3 aromatic heterocycles. The number of anilines is 1. The van der Waals surface area contributed by atoms with E-state index in [-0.39, 0.29) is 11.7 Å². The molecule has 0 spiro atoms. The predicted octanol–water partition coefficient (Wildman–Crippen LogP) is 5.76. The maximum Gasteiger partial charge on any atom is 0.341 e. The van der Waals surface area contributed by atoms with Crippen LogP contribution in [0, 0.1) is 0 Å². The van der Waals surface area contributed by atoms with E-state index in [1.165, 1.54) is 30.2 Å². The summed E-state index contributed by atoms with van der Waals surface area (Å²) < 4.78 is 6.88. The number of carbonyl (C=O) groups is 2. The standard InChI is InChI=1S/C29H25N5O3S2/c1-34-26(20-15-22(17-9-4-3-5-10-17)30-21-13-7-6-11-18(20)21)32-33-29(34)38-16-24(35)31-27-25(28(36)37-2)19-12-8-14-23(19)39-27/h3-7,9-11,13,15H,8,12,14,16H2,1-2H3,(H,31,35). The van der Waals surface area contributed by atoms with E-state index in [9.17, 15) is 9.59 Å². The van der Waals surface area contributed by atoms with E-state index in [4.69, 9.17) is 9.72 Å². The summed E-state index contributed by atoms with van der Waals surface area (Å²) in [4.78, 5) is 31.3. The fourth-order valence-electron chi connectivity index (χ4n) is 4.90. The summed E-state index contributed by atoms with van der Waals surface area (Å²) in [6.07, 6.45) is 2.77. The van der Waals surface area contributed by atoms with Gasteiger partial charge in [0, 0.05) is 28.4 Å². The number of esters is 1. The number of hydrogen-bond donors (Lipinski definition) is 1. The number of carbonyl (C=O) groups excluding carboxylic acids is 2. The Morgan fingerprint density at radius 2 is 1.87 bits per heavy atom. The highest BCUT2D eigenvalue weighted by atomic mass is 32.2. The lowest BCUT2D eigenvalue weighted by Gasteiger charge is -2.10. The normalized spacial score (nSPS) is 12.5. The molecule has 10 heteroatoms. The number of benzene rings is 2. The van der Waals surface area contributed by atoms with Crippen LogP contribution in [0.1, 0.15) is 27.2 Å². The highest BCUT2D eigenvalue weighted by Gasteiger charge is 2.28. The molecule has 0 saturated carbocycles. The first-order valence-corrected chi connectivity index (χ1v) is 14.3. The largest absolute Gasteiger partial charge is 0.465 e. The number of methoxy groups -OCH3 is 1. The van der Waals surface area contributed by atoms with Crippen LogP contribution in [-0.4, -0.2) is 44.5 Å². The molecule has 3 heterocycles. The minimum Gasteiger partial charge on any atom is -0.465 e. The van der Waals surface area contributed by atoms with Crippen LogP contribution in [0.25, 0.3) is 33.5 Å². The van der Waals surface area contributed by atoms with Crippen molar-refractivity contribution in [2.75, 3.05) is 18.2 Å². The van der Waals surface area contributed by atoms with Crippen molar-refractivity contribution in [3.05, 3.63) is 76.7 Å². The molecule has 0 saturated heterocycles. The van der Waals surface area contributed by atoms with Crippen LogP contribution >= 0.6 is 23.1 Å². The Labute approximate surface area is 233 Å². The number of fused-ring (bicyclic) bond motifs is 2. The number of nitrogens with one attached hydrogen (secondary N) is 1. The van der Waals surface area contributed by atoms with E-state index in [1.54, 1.807) is 0 Å². The molecular weight excluding hydrogens is 530 g/mol. The maximum absolute atomic E-state index is 12.9. The number of para-hydroxylation sites is 1. The van der Waals surface area contributed by atoms with Gasteiger partial charge in [-0.1, -0.05) is 60.3 Å². The van der Waals surface area contributed by atoms with Crippen LogP contribution in [0.3, 0.4) is 0 Å². The highest BCUT2D eigenvalue weighted by Crippen LogP contribution is 2.39. The second kappa shape index (κ2) is 10.6. The first-order chi connectivity index (χ1) is 19.0. The molecule has 2 aromatic carbocycles. The molecular formula is C29H25N5O3S2. The molecule has 0 atom stereocenters. The number of rotatable bonds is 7. The topological polar surface area (TPSA) is 99.0 Å². The third kappa shape index (κ3) is 4.81. The van der Waals surface area contributed by atoms with Crippen molar-refractivity contribution in [3.8, 4) is 22.6 Å².